The van der Waals surface area contributed by atoms with E-state index in [0.29, 0.717) is 44.1 Å². The Morgan fingerprint density at radius 2 is 2.07 bits per heavy atom. The van der Waals surface area contributed by atoms with Gasteiger partial charge in [-0.1, -0.05) is 23.7 Å². The molecule has 1 saturated heterocycles. The Kier molecular flexibility index (Phi) is 8.99. The summed E-state index contributed by atoms with van der Waals surface area (Å²) in [4.78, 5) is 10.7. The molecule has 1 aliphatic heterocycles. The number of aliphatic carboxylic acids is 1. The van der Waals surface area contributed by atoms with Crippen LogP contribution in [0, 0.1) is 17.8 Å². The van der Waals surface area contributed by atoms with Gasteiger partial charge >= 0.3 is 5.97 Å². The van der Waals surface area contributed by atoms with Crippen LogP contribution < -0.4 is 0 Å². The van der Waals surface area contributed by atoms with E-state index >= 15 is 0 Å². The number of aryl methyl sites for hydroxylation is 1. The Labute approximate surface area is 184 Å². The fourth-order valence-corrected chi connectivity index (χ4v) is 5.46. The summed E-state index contributed by atoms with van der Waals surface area (Å²) in [6.07, 6.45) is 6.87. The number of hydrogen-bond donors (Lipinski definition) is 3. The molecule has 0 unspecified atom stereocenters. The van der Waals surface area contributed by atoms with E-state index in [9.17, 15) is 15.0 Å². The van der Waals surface area contributed by atoms with Gasteiger partial charge < -0.3 is 20.1 Å². The maximum absolute atomic E-state index is 10.7. The van der Waals surface area contributed by atoms with Crippen LogP contribution in [0.3, 0.4) is 0 Å². The van der Waals surface area contributed by atoms with Crippen LogP contribution in [0.2, 0.25) is 5.02 Å². The Morgan fingerprint density at radius 3 is 2.83 bits per heavy atom. The van der Waals surface area contributed by atoms with Crippen molar-refractivity contribution in [3.8, 4) is 0 Å². The minimum atomic E-state index is -0.737. The number of fused-ring (bicyclic) bond motifs is 1. The average molecular weight is 439 g/mol. The van der Waals surface area contributed by atoms with Gasteiger partial charge in [0.1, 0.15) is 0 Å². The highest BCUT2D eigenvalue weighted by Gasteiger charge is 2.44. The highest BCUT2D eigenvalue weighted by Crippen LogP contribution is 2.43. The monoisotopic (exact) mass is 438 g/mol. The minimum absolute atomic E-state index is 0.0954. The largest absolute Gasteiger partial charge is 0.481 e. The van der Waals surface area contributed by atoms with Crippen molar-refractivity contribution in [3.63, 3.8) is 0 Å². The first-order valence-corrected chi connectivity index (χ1v) is 11.7. The fourth-order valence-electron chi connectivity index (χ4n) is 5.24. The van der Waals surface area contributed by atoms with Crippen molar-refractivity contribution >= 4 is 17.6 Å². The number of hydrogen-bond acceptors (Lipinski definition) is 4. The summed E-state index contributed by atoms with van der Waals surface area (Å²) in [5.41, 5.74) is 1.13. The van der Waals surface area contributed by atoms with Crippen molar-refractivity contribution in [2.45, 2.75) is 82.5 Å². The number of halogens is 1. The summed E-state index contributed by atoms with van der Waals surface area (Å²) in [7, 11) is 0. The van der Waals surface area contributed by atoms with Crippen LogP contribution in [0.15, 0.2) is 24.3 Å². The standard InChI is InChI=1S/C24H35ClO5/c25-18-5-1-3-16(13-18)7-9-19(26)10-12-20-21-11-8-17(4-2-6-24(28)29)15-30-23(21)14-22(20)27/h1,3,5,13,17,19-23,26-27H,2,4,6-12,14-15H2,(H,28,29)/t17-,19-,20+,21+,22+,23-/m0/s1. The van der Waals surface area contributed by atoms with E-state index in [0.717, 1.165) is 42.7 Å². The third-order valence-corrected chi connectivity index (χ3v) is 7.18. The number of carboxylic acids is 1. The number of aliphatic hydroxyl groups excluding tert-OH is 2. The molecule has 1 saturated carbocycles. The van der Waals surface area contributed by atoms with E-state index in [1.165, 1.54) is 0 Å². The second-order valence-corrected chi connectivity index (χ2v) is 9.57. The first-order valence-electron chi connectivity index (χ1n) is 11.4. The van der Waals surface area contributed by atoms with Crippen LogP contribution in [0.4, 0.5) is 0 Å². The van der Waals surface area contributed by atoms with E-state index < -0.39 is 5.97 Å². The van der Waals surface area contributed by atoms with Gasteiger partial charge in [-0.25, -0.2) is 0 Å². The lowest BCUT2D eigenvalue weighted by atomic mass is 9.83. The third kappa shape index (κ3) is 6.94. The van der Waals surface area contributed by atoms with Crippen LogP contribution in [-0.2, 0) is 16.0 Å². The molecule has 3 N–H and O–H groups in total. The Balaban J connectivity index is 1.43. The molecule has 0 aromatic heterocycles. The summed E-state index contributed by atoms with van der Waals surface area (Å²) >= 11 is 6.03. The van der Waals surface area contributed by atoms with Crippen molar-refractivity contribution in [3.05, 3.63) is 34.9 Å². The lowest BCUT2D eigenvalue weighted by molar-refractivity contribution is -0.137. The van der Waals surface area contributed by atoms with Crippen molar-refractivity contribution in [1.29, 1.82) is 0 Å². The highest BCUT2D eigenvalue weighted by atomic mass is 35.5. The van der Waals surface area contributed by atoms with Crippen LogP contribution in [0.5, 0.6) is 0 Å². The molecule has 0 bridgehead atoms. The average Bonchev–Trinajstić information content (AvgIpc) is 2.86. The van der Waals surface area contributed by atoms with E-state index in [1.54, 1.807) is 0 Å². The molecule has 1 aliphatic carbocycles. The predicted octanol–water partition coefficient (Wildman–Crippen LogP) is 4.46. The predicted molar refractivity (Wildman–Crippen MR) is 117 cm³/mol. The molecule has 0 spiro atoms. The molecule has 0 amide bonds. The van der Waals surface area contributed by atoms with E-state index in [2.05, 4.69) is 0 Å². The molecular formula is C24H35ClO5. The van der Waals surface area contributed by atoms with Gasteiger partial charge in [-0.2, -0.15) is 0 Å². The van der Waals surface area contributed by atoms with Crippen molar-refractivity contribution < 1.29 is 24.9 Å². The van der Waals surface area contributed by atoms with Gasteiger partial charge in [-0.05, 0) is 86.8 Å². The maximum Gasteiger partial charge on any atom is 0.303 e. The Hall–Kier alpha value is -1.14. The molecule has 168 valence electrons. The van der Waals surface area contributed by atoms with Crippen LogP contribution in [0.25, 0.3) is 0 Å². The molecule has 5 nitrogen and oxygen atoms in total. The van der Waals surface area contributed by atoms with E-state index in [-0.39, 0.29) is 30.7 Å². The third-order valence-electron chi connectivity index (χ3n) is 6.94. The van der Waals surface area contributed by atoms with Crippen molar-refractivity contribution in [2.75, 3.05) is 6.61 Å². The van der Waals surface area contributed by atoms with Gasteiger partial charge in [-0.3, -0.25) is 4.79 Å². The van der Waals surface area contributed by atoms with Gasteiger partial charge in [0.15, 0.2) is 0 Å². The summed E-state index contributed by atoms with van der Waals surface area (Å²) in [5, 5.41) is 30.6. The first-order chi connectivity index (χ1) is 14.4. The number of carbonyl (C=O) groups is 1. The van der Waals surface area contributed by atoms with Gasteiger partial charge in [0.05, 0.1) is 18.3 Å². The normalized spacial score (nSPS) is 29.9. The molecule has 6 atom stereocenters. The molecule has 1 aromatic carbocycles. The van der Waals surface area contributed by atoms with Crippen LogP contribution in [0.1, 0.15) is 63.4 Å². The number of rotatable bonds is 10. The molecule has 2 aliphatic rings. The maximum atomic E-state index is 10.7. The molecule has 1 aromatic rings. The molecule has 2 fully saturated rings. The molecule has 30 heavy (non-hydrogen) atoms. The number of benzene rings is 1. The lowest BCUT2D eigenvalue weighted by Gasteiger charge is -2.24. The van der Waals surface area contributed by atoms with Gasteiger partial charge in [-0.15, -0.1) is 0 Å². The zero-order chi connectivity index (χ0) is 21.5. The fraction of sp³-hybridized carbons (Fsp3) is 0.708. The molecule has 3 rings (SSSR count). The SMILES string of the molecule is O=C(O)CCC[C@H]1CC[C@@H]2[C@@H](CC[C@@H](O)CCc3cccc(Cl)c3)[C@H](O)C[C@@H]2OC1. The lowest BCUT2D eigenvalue weighted by Crippen LogP contribution is -2.24. The van der Waals surface area contributed by atoms with Gasteiger partial charge in [0, 0.05) is 24.5 Å². The number of ether oxygens (including phenoxy) is 1. The number of aliphatic hydroxyl groups is 2. The van der Waals surface area contributed by atoms with Crippen molar-refractivity contribution in [2.24, 2.45) is 17.8 Å². The van der Waals surface area contributed by atoms with Crippen LogP contribution in [-0.4, -0.2) is 46.2 Å². The smallest absolute Gasteiger partial charge is 0.303 e. The Bertz CT molecular complexity index is 681. The molecule has 1 heterocycles. The number of carboxylic acid groups (broad SMARTS) is 1. The molecule has 0 radical (unpaired) electrons. The summed E-state index contributed by atoms with van der Waals surface area (Å²) in [6.45, 7) is 0.669. The van der Waals surface area contributed by atoms with Gasteiger partial charge in [0.2, 0.25) is 0 Å². The second-order valence-electron chi connectivity index (χ2n) is 9.13. The zero-order valence-electron chi connectivity index (χ0n) is 17.6. The second kappa shape index (κ2) is 11.5. The van der Waals surface area contributed by atoms with Crippen LogP contribution >= 0.6 is 11.6 Å². The Morgan fingerprint density at radius 1 is 1.23 bits per heavy atom. The van der Waals surface area contributed by atoms with Crippen molar-refractivity contribution in [1.82, 2.24) is 0 Å². The summed E-state index contributed by atoms with van der Waals surface area (Å²) < 4.78 is 6.14. The highest BCUT2D eigenvalue weighted by molar-refractivity contribution is 6.30. The molecular weight excluding hydrogens is 404 g/mol. The summed E-state index contributed by atoms with van der Waals surface area (Å²) in [6, 6.07) is 7.75. The molecule has 6 heteroatoms. The van der Waals surface area contributed by atoms with Gasteiger partial charge in [0.25, 0.3) is 0 Å². The minimum Gasteiger partial charge on any atom is -0.481 e. The topological polar surface area (TPSA) is 87.0 Å². The van der Waals surface area contributed by atoms with E-state index in [1.807, 2.05) is 24.3 Å². The summed E-state index contributed by atoms with van der Waals surface area (Å²) in [5.74, 6) is 0.188. The quantitative estimate of drug-likeness (QED) is 0.502. The zero-order valence-corrected chi connectivity index (χ0v) is 18.3. The van der Waals surface area contributed by atoms with E-state index in [4.69, 9.17) is 21.4 Å². The first kappa shape index (κ1) is 23.5.